The van der Waals surface area contributed by atoms with Crippen molar-refractivity contribution >= 4 is 0 Å². The Kier molecular flexibility index (Phi) is 9.04. The van der Waals surface area contributed by atoms with Crippen molar-refractivity contribution in [1.29, 1.82) is 0 Å². The van der Waals surface area contributed by atoms with Crippen LogP contribution in [0.1, 0.15) is 31.4 Å². The zero-order valence-corrected chi connectivity index (χ0v) is 12.9. The van der Waals surface area contributed by atoms with E-state index in [1.807, 2.05) is 18.2 Å². The molecule has 0 fully saturated rings. The van der Waals surface area contributed by atoms with Gasteiger partial charge in [0.25, 0.3) is 0 Å². The maximum atomic E-state index is 5.43. The highest BCUT2D eigenvalue weighted by molar-refractivity contribution is 5.35. The maximum absolute atomic E-state index is 5.43. The number of hydrogen-bond donors (Lipinski definition) is 1. The van der Waals surface area contributed by atoms with E-state index in [1.54, 1.807) is 14.2 Å². The van der Waals surface area contributed by atoms with Gasteiger partial charge < -0.3 is 19.5 Å². The second-order valence-corrected chi connectivity index (χ2v) is 4.73. The van der Waals surface area contributed by atoms with Crippen LogP contribution in [0, 0.1) is 0 Å². The van der Waals surface area contributed by atoms with Crippen molar-refractivity contribution in [2.24, 2.45) is 0 Å². The molecule has 0 saturated heterocycles. The van der Waals surface area contributed by atoms with E-state index in [9.17, 15) is 0 Å². The Morgan fingerprint density at radius 1 is 1.05 bits per heavy atom. The number of methoxy groups -OCH3 is 2. The fraction of sp³-hybridized carbons (Fsp3) is 0.625. The van der Waals surface area contributed by atoms with Crippen LogP contribution in [0.15, 0.2) is 24.3 Å². The molecule has 20 heavy (non-hydrogen) atoms. The average molecular weight is 281 g/mol. The van der Waals surface area contributed by atoms with Gasteiger partial charge in [0.2, 0.25) is 0 Å². The molecule has 0 aromatic heterocycles. The molecule has 0 aliphatic rings. The highest BCUT2D eigenvalue weighted by atomic mass is 16.5. The lowest BCUT2D eigenvalue weighted by Crippen LogP contribution is -2.20. The van der Waals surface area contributed by atoms with E-state index in [0.29, 0.717) is 19.3 Å². The normalized spacial score (nSPS) is 12.3. The van der Waals surface area contributed by atoms with Crippen LogP contribution in [-0.4, -0.2) is 40.6 Å². The van der Waals surface area contributed by atoms with Gasteiger partial charge in [-0.1, -0.05) is 18.2 Å². The van der Waals surface area contributed by atoms with Gasteiger partial charge in [-0.3, -0.25) is 0 Å². The van der Waals surface area contributed by atoms with Crippen LogP contribution in [0.25, 0.3) is 0 Å². The summed E-state index contributed by atoms with van der Waals surface area (Å²) in [6, 6.07) is 8.42. The number of ether oxygens (including phenoxy) is 3. The minimum Gasteiger partial charge on any atom is -0.496 e. The SMILES string of the molecule is COCCOCCCCNC(C)c1ccccc1OC. The Labute approximate surface area is 122 Å². The highest BCUT2D eigenvalue weighted by Gasteiger charge is 2.09. The van der Waals surface area contributed by atoms with Crippen LogP contribution in [0.3, 0.4) is 0 Å². The van der Waals surface area contributed by atoms with Gasteiger partial charge in [0.05, 0.1) is 20.3 Å². The van der Waals surface area contributed by atoms with Gasteiger partial charge in [-0.15, -0.1) is 0 Å². The van der Waals surface area contributed by atoms with Crippen molar-refractivity contribution in [1.82, 2.24) is 5.32 Å². The maximum Gasteiger partial charge on any atom is 0.123 e. The first kappa shape index (κ1) is 17.0. The molecule has 0 heterocycles. The van der Waals surface area contributed by atoms with E-state index in [0.717, 1.165) is 31.7 Å². The second-order valence-electron chi connectivity index (χ2n) is 4.73. The topological polar surface area (TPSA) is 39.7 Å². The summed E-state index contributed by atoms with van der Waals surface area (Å²) in [5.74, 6) is 0.940. The van der Waals surface area contributed by atoms with E-state index in [4.69, 9.17) is 14.2 Å². The molecule has 4 heteroatoms. The van der Waals surface area contributed by atoms with E-state index < -0.39 is 0 Å². The predicted molar refractivity (Wildman–Crippen MR) is 81.3 cm³/mol. The molecule has 0 spiro atoms. The first-order chi connectivity index (χ1) is 9.79. The molecule has 0 radical (unpaired) electrons. The predicted octanol–water partition coefficient (Wildman–Crippen LogP) is 2.79. The Balaban J connectivity index is 2.15. The summed E-state index contributed by atoms with van der Waals surface area (Å²) < 4.78 is 15.7. The summed E-state index contributed by atoms with van der Waals surface area (Å²) in [5.41, 5.74) is 1.20. The van der Waals surface area contributed by atoms with Crippen molar-refractivity contribution in [3.05, 3.63) is 29.8 Å². The lowest BCUT2D eigenvalue weighted by molar-refractivity contribution is 0.0687. The minimum atomic E-state index is 0.292. The Morgan fingerprint density at radius 2 is 1.85 bits per heavy atom. The van der Waals surface area contributed by atoms with Gasteiger partial charge in [-0.2, -0.15) is 0 Å². The molecular weight excluding hydrogens is 254 g/mol. The van der Waals surface area contributed by atoms with Crippen molar-refractivity contribution in [2.45, 2.75) is 25.8 Å². The number of unbranched alkanes of at least 4 members (excludes halogenated alkanes) is 1. The molecule has 1 rings (SSSR count). The molecule has 0 saturated carbocycles. The standard InChI is InChI=1S/C16H27NO3/c1-14(15-8-4-5-9-16(15)19-3)17-10-6-7-11-20-13-12-18-2/h4-5,8-9,14,17H,6-7,10-13H2,1-3H3. The monoisotopic (exact) mass is 281 g/mol. The molecule has 1 atom stereocenters. The number of nitrogens with one attached hydrogen (secondary N) is 1. The van der Waals surface area contributed by atoms with Gasteiger partial charge in [-0.25, -0.2) is 0 Å². The largest absolute Gasteiger partial charge is 0.496 e. The van der Waals surface area contributed by atoms with Gasteiger partial charge in [0, 0.05) is 25.3 Å². The molecule has 0 bridgehead atoms. The number of rotatable bonds is 11. The van der Waals surface area contributed by atoms with Gasteiger partial charge in [-0.05, 0) is 32.4 Å². The average Bonchev–Trinajstić information content (AvgIpc) is 2.49. The molecular formula is C16H27NO3. The molecule has 1 N–H and O–H groups in total. The van der Waals surface area contributed by atoms with Crippen LogP contribution in [0.4, 0.5) is 0 Å². The van der Waals surface area contributed by atoms with Gasteiger partial charge >= 0.3 is 0 Å². The van der Waals surface area contributed by atoms with Gasteiger partial charge in [0.15, 0.2) is 0 Å². The molecule has 0 aliphatic carbocycles. The zero-order valence-electron chi connectivity index (χ0n) is 12.9. The van der Waals surface area contributed by atoms with Crippen molar-refractivity contribution < 1.29 is 14.2 Å². The first-order valence-corrected chi connectivity index (χ1v) is 7.22. The smallest absolute Gasteiger partial charge is 0.123 e. The Hall–Kier alpha value is -1.10. The fourth-order valence-corrected chi connectivity index (χ4v) is 2.03. The van der Waals surface area contributed by atoms with Crippen LogP contribution >= 0.6 is 0 Å². The summed E-state index contributed by atoms with van der Waals surface area (Å²) in [7, 11) is 3.40. The zero-order chi connectivity index (χ0) is 14.6. The molecule has 4 nitrogen and oxygen atoms in total. The van der Waals surface area contributed by atoms with Gasteiger partial charge in [0.1, 0.15) is 5.75 Å². The van der Waals surface area contributed by atoms with E-state index in [-0.39, 0.29) is 0 Å². The third-order valence-corrected chi connectivity index (χ3v) is 3.20. The lowest BCUT2D eigenvalue weighted by Gasteiger charge is -2.17. The quantitative estimate of drug-likeness (QED) is 0.633. The highest BCUT2D eigenvalue weighted by Crippen LogP contribution is 2.24. The van der Waals surface area contributed by atoms with Crippen LogP contribution in [-0.2, 0) is 9.47 Å². The summed E-state index contributed by atoms with van der Waals surface area (Å²) in [4.78, 5) is 0. The molecule has 1 aromatic carbocycles. The summed E-state index contributed by atoms with van der Waals surface area (Å²) in [6.45, 7) is 5.29. The molecule has 0 amide bonds. The van der Waals surface area contributed by atoms with Crippen LogP contribution < -0.4 is 10.1 Å². The van der Waals surface area contributed by atoms with Crippen molar-refractivity contribution in [3.8, 4) is 5.75 Å². The first-order valence-electron chi connectivity index (χ1n) is 7.22. The summed E-state index contributed by atoms with van der Waals surface area (Å²) in [6.07, 6.45) is 2.17. The van der Waals surface area contributed by atoms with Crippen LogP contribution in [0.2, 0.25) is 0 Å². The number of para-hydroxylation sites is 1. The third-order valence-electron chi connectivity index (χ3n) is 3.20. The Morgan fingerprint density at radius 3 is 2.60 bits per heavy atom. The fourth-order valence-electron chi connectivity index (χ4n) is 2.03. The molecule has 0 aliphatic heterocycles. The minimum absolute atomic E-state index is 0.292. The second kappa shape index (κ2) is 10.7. The number of benzene rings is 1. The molecule has 1 aromatic rings. The van der Waals surface area contributed by atoms with Crippen LogP contribution in [0.5, 0.6) is 5.75 Å². The third kappa shape index (κ3) is 6.37. The molecule has 1 unspecified atom stereocenters. The lowest BCUT2D eigenvalue weighted by atomic mass is 10.1. The Bertz CT molecular complexity index is 357. The van der Waals surface area contributed by atoms with E-state index >= 15 is 0 Å². The molecule has 114 valence electrons. The van der Waals surface area contributed by atoms with Crippen molar-refractivity contribution in [2.75, 3.05) is 40.6 Å². The van der Waals surface area contributed by atoms with Crippen molar-refractivity contribution in [3.63, 3.8) is 0 Å². The summed E-state index contributed by atoms with van der Waals surface area (Å²) >= 11 is 0. The van der Waals surface area contributed by atoms with E-state index in [1.165, 1.54) is 5.56 Å². The number of hydrogen-bond acceptors (Lipinski definition) is 4. The summed E-state index contributed by atoms with van der Waals surface area (Å²) in [5, 5.41) is 3.52. The van der Waals surface area contributed by atoms with E-state index in [2.05, 4.69) is 18.3 Å².